The number of hydrogen-bond acceptors (Lipinski definition) is 6. The highest BCUT2D eigenvalue weighted by Crippen LogP contribution is 2.28. The van der Waals surface area contributed by atoms with E-state index >= 15 is 0 Å². The van der Waals surface area contributed by atoms with Crippen LogP contribution in [0.3, 0.4) is 0 Å². The summed E-state index contributed by atoms with van der Waals surface area (Å²) in [6.07, 6.45) is 1.72. The van der Waals surface area contributed by atoms with E-state index < -0.39 is 0 Å². The molecule has 3 aromatic rings. The van der Waals surface area contributed by atoms with E-state index in [-0.39, 0.29) is 18.3 Å². The summed E-state index contributed by atoms with van der Waals surface area (Å²) >= 11 is 13.3. The number of allylic oxidation sites excluding steroid dienone is 1. The third kappa shape index (κ3) is 6.40. The lowest BCUT2D eigenvalue weighted by Gasteiger charge is -2.10. The number of thioether (sulfide) groups is 1. The normalized spacial score (nSPS) is 10.5. The van der Waals surface area contributed by atoms with Gasteiger partial charge >= 0.3 is 0 Å². The summed E-state index contributed by atoms with van der Waals surface area (Å²) in [5.41, 5.74) is 0.659. The van der Waals surface area contributed by atoms with Crippen molar-refractivity contribution in [3.05, 3.63) is 71.0 Å². The molecule has 10 heteroatoms. The maximum absolute atomic E-state index is 12.3. The lowest BCUT2D eigenvalue weighted by molar-refractivity contribution is -0.113. The fourth-order valence-corrected chi connectivity index (χ4v) is 3.84. The predicted molar refractivity (Wildman–Crippen MR) is 123 cm³/mol. The second-order valence-electron chi connectivity index (χ2n) is 6.23. The fourth-order valence-electron chi connectivity index (χ4n) is 2.61. The van der Waals surface area contributed by atoms with Gasteiger partial charge < -0.3 is 14.8 Å². The molecular formula is C21H20Cl2N4O3S. The van der Waals surface area contributed by atoms with Crippen LogP contribution in [0.4, 0.5) is 5.69 Å². The number of benzene rings is 2. The van der Waals surface area contributed by atoms with Crippen LogP contribution in [0.15, 0.2) is 60.3 Å². The van der Waals surface area contributed by atoms with E-state index in [2.05, 4.69) is 22.1 Å². The van der Waals surface area contributed by atoms with Gasteiger partial charge in [0.15, 0.2) is 11.0 Å². The van der Waals surface area contributed by atoms with Gasteiger partial charge in [-0.15, -0.1) is 16.8 Å². The number of anilines is 1. The van der Waals surface area contributed by atoms with Crippen molar-refractivity contribution in [2.45, 2.75) is 18.3 Å². The fraction of sp³-hybridized carbons (Fsp3) is 0.190. The van der Waals surface area contributed by atoms with Crippen molar-refractivity contribution >= 4 is 46.6 Å². The summed E-state index contributed by atoms with van der Waals surface area (Å²) in [5, 5.41) is 12.7. The van der Waals surface area contributed by atoms with Crippen molar-refractivity contribution in [2.75, 3.05) is 18.2 Å². The number of amides is 1. The van der Waals surface area contributed by atoms with Crippen LogP contribution >= 0.6 is 35.0 Å². The number of carbonyl (C=O) groups excluding carboxylic acids is 1. The van der Waals surface area contributed by atoms with E-state index in [9.17, 15) is 4.79 Å². The molecule has 0 radical (unpaired) electrons. The van der Waals surface area contributed by atoms with Crippen LogP contribution in [0.1, 0.15) is 5.82 Å². The molecule has 0 aliphatic rings. The summed E-state index contributed by atoms with van der Waals surface area (Å²) in [4.78, 5) is 12.3. The molecule has 0 bridgehead atoms. The summed E-state index contributed by atoms with van der Waals surface area (Å²) in [6, 6.07) is 12.2. The molecule has 1 N–H and O–H groups in total. The van der Waals surface area contributed by atoms with Crippen molar-refractivity contribution in [3.8, 4) is 11.5 Å². The highest BCUT2D eigenvalue weighted by molar-refractivity contribution is 7.99. The molecule has 0 atom stereocenters. The molecule has 0 spiro atoms. The Morgan fingerprint density at radius 2 is 2.10 bits per heavy atom. The topological polar surface area (TPSA) is 78.3 Å². The first-order chi connectivity index (χ1) is 15.0. The SMILES string of the molecule is C=CCn1c(COc2ccc(Cl)cc2Cl)nnc1SCC(=O)Nc1cccc(OC)c1. The predicted octanol–water partition coefficient (Wildman–Crippen LogP) is 5.09. The highest BCUT2D eigenvalue weighted by atomic mass is 35.5. The van der Waals surface area contributed by atoms with E-state index in [0.717, 1.165) is 0 Å². The number of carbonyl (C=O) groups is 1. The van der Waals surface area contributed by atoms with E-state index in [0.29, 0.717) is 44.8 Å². The molecule has 31 heavy (non-hydrogen) atoms. The first-order valence-corrected chi connectivity index (χ1v) is 10.9. The molecular weight excluding hydrogens is 459 g/mol. The number of nitrogens with one attached hydrogen (secondary N) is 1. The molecule has 0 unspecified atom stereocenters. The Kier molecular flexibility index (Phi) is 8.22. The summed E-state index contributed by atoms with van der Waals surface area (Å²) in [5.74, 6) is 1.74. The van der Waals surface area contributed by atoms with Crippen LogP contribution in [0.2, 0.25) is 10.0 Å². The standard InChI is InChI=1S/C21H20Cl2N4O3S/c1-3-9-27-19(12-30-18-8-7-14(22)10-17(18)23)25-26-21(27)31-13-20(28)24-15-5-4-6-16(11-15)29-2/h3-8,10-11H,1,9,12-13H2,2H3,(H,24,28). The average Bonchev–Trinajstić information content (AvgIpc) is 3.13. The maximum Gasteiger partial charge on any atom is 0.234 e. The molecule has 0 aliphatic heterocycles. The molecule has 7 nitrogen and oxygen atoms in total. The van der Waals surface area contributed by atoms with Gasteiger partial charge in [-0.3, -0.25) is 9.36 Å². The minimum Gasteiger partial charge on any atom is -0.497 e. The Balaban J connectivity index is 1.62. The number of ether oxygens (including phenoxy) is 2. The van der Waals surface area contributed by atoms with E-state index in [1.807, 2.05) is 16.7 Å². The van der Waals surface area contributed by atoms with Gasteiger partial charge in [-0.25, -0.2) is 0 Å². The summed E-state index contributed by atoms with van der Waals surface area (Å²) in [6.45, 7) is 4.40. The number of hydrogen-bond donors (Lipinski definition) is 1. The number of aromatic nitrogens is 3. The Bertz CT molecular complexity index is 1070. The molecule has 0 fully saturated rings. The van der Waals surface area contributed by atoms with Gasteiger partial charge in [-0.1, -0.05) is 47.1 Å². The second-order valence-corrected chi connectivity index (χ2v) is 8.02. The van der Waals surface area contributed by atoms with Crippen molar-refractivity contribution < 1.29 is 14.3 Å². The van der Waals surface area contributed by atoms with Crippen LogP contribution in [0.25, 0.3) is 0 Å². The minimum atomic E-state index is -0.169. The highest BCUT2D eigenvalue weighted by Gasteiger charge is 2.15. The second kappa shape index (κ2) is 11.1. The van der Waals surface area contributed by atoms with Crippen LogP contribution in [-0.4, -0.2) is 33.5 Å². The molecule has 0 saturated heterocycles. The molecule has 2 aromatic carbocycles. The maximum atomic E-state index is 12.3. The molecule has 0 aliphatic carbocycles. The van der Waals surface area contributed by atoms with Crippen LogP contribution in [0.5, 0.6) is 11.5 Å². The number of halogens is 2. The van der Waals surface area contributed by atoms with Gasteiger partial charge in [0.2, 0.25) is 5.91 Å². The zero-order chi connectivity index (χ0) is 22.2. The van der Waals surface area contributed by atoms with E-state index in [1.54, 1.807) is 43.5 Å². The minimum absolute atomic E-state index is 0.152. The zero-order valence-electron chi connectivity index (χ0n) is 16.7. The quantitative estimate of drug-likeness (QED) is 0.323. The Morgan fingerprint density at radius 3 is 2.84 bits per heavy atom. The third-order valence-electron chi connectivity index (χ3n) is 4.04. The first kappa shape index (κ1) is 23.0. The number of methoxy groups -OCH3 is 1. The molecule has 3 rings (SSSR count). The van der Waals surface area contributed by atoms with Crippen LogP contribution in [-0.2, 0) is 17.9 Å². The summed E-state index contributed by atoms with van der Waals surface area (Å²) in [7, 11) is 1.57. The monoisotopic (exact) mass is 478 g/mol. The average molecular weight is 479 g/mol. The van der Waals surface area contributed by atoms with Gasteiger partial charge in [0.25, 0.3) is 0 Å². The van der Waals surface area contributed by atoms with Gasteiger partial charge in [-0.2, -0.15) is 0 Å². The van der Waals surface area contributed by atoms with Crippen LogP contribution in [0, 0.1) is 0 Å². The van der Waals surface area contributed by atoms with Gasteiger partial charge in [-0.05, 0) is 30.3 Å². The largest absolute Gasteiger partial charge is 0.497 e. The Morgan fingerprint density at radius 1 is 1.26 bits per heavy atom. The van der Waals surface area contributed by atoms with E-state index in [1.165, 1.54) is 11.8 Å². The molecule has 1 amide bonds. The molecule has 162 valence electrons. The van der Waals surface area contributed by atoms with Crippen LogP contribution < -0.4 is 14.8 Å². The lowest BCUT2D eigenvalue weighted by atomic mass is 10.3. The first-order valence-electron chi connectivity index (χ1n) is 9.17. The molecule has 1 aromatic heterocycles. The number of nitrogens with zero attached hydrogens (tertiary/aromatic N) is 3. The van der Waals surface area contributed by atoms with E-state index in [4.69, 9.17) is 32.7 Å². The zero-order valence-corrected chi connectivity index (χ0v) is 19.0. The van der Waals surface area contributed by atoms with Gasteiger partial charge in [0.05, 0.1) is 17.9 Å². The molecule has 1 heterocycles. The van der Waals surface area contributed by atoms with Gasteiger partial charge in [0.1, 0.15) is 18.1 Å². The van der Waals surface area contributed by atoms with Crippen molar-refractivity contribution in [1.82, 2.24) is 14.8 Å². The lowest BCUT2D eigenvalue weighted by Crippen LogP contribution is -2.15. The molecule has 0 saturated carbocycles. The third-order valence-corrected chi connectivity index (χ3v) is 5.54. The summed E-state index contributed by atoms with van der Waals surface area (Å²) < 4.78 is 12.8. The smallest absolute Gasteiger partial charge is 0.234 e. The van der Waals surface area contributed by atoms with Gasteiger partial charge in [0, 0.05) is 23.3 Å². The van der Waals surface area contributed by atoms with Crippen molar-refractivity contribution in [3.63, 3.8) is 0 Å². The Labute approximate surface area is 194 Å². The Hall–Kier alpha value is -2.68. The number of rotatable bonds is 10. The van der Waals surface area contributed by atoms with Crippen molar-refractivity contribution in [1.29, 1.82) is 0 Å². The van der Waals surface area contributed by atoms with Crippen molar-refractivity contribution in [2.24, 2.45) is 0 Å².